The largest absolute Gasteiger partial charge is 0.300 e. The van der Waals surface area contributed by atoms with Gasteiger partial charge in [0.25, 0.3) is 0 Å². The predicted molar refractivity (Wildman–Crippen MR) is 62.2 cm³/mol. The number of rotatable bonds is 1. The molecule has 2 nitrogen and oxygen atoms in total. The highest BCUT2D eigenvalue weighted by molar-refractivity contribution is 6.31. The van der Waals surface area contributed by atoms with E-state index in [4.69, 9.17) is 11.6 Å². The van der Waals surface area contributed by atoms with Crippen LogP contribution < -0.4 is 0 Å². The zero-order valence-electron chi connectivity index (χ0n) is 8.87. The lowest BCUT2D eigenvalue weighted by Crippen LogP contribution is -2.30. The van der Waals surface area contributed by atoms with E-state index >= 15 is 0 Å². The average molecular weight is 234 g/mol. The molecule has 0 unspecified atom stereocenters. The van der Waals surface area contributed by atoms with Crippen molar-refractivity contribution in [3.05, 3.63) is 34.9 Å². The molecule has 0 N–H and O–H groups in total. The van der Waals surface area contributed by atoms with Crippen molar-refractivity contribution >= 4 is 17.4 Å². The molecule has 0 bridgehead atoms. The number of benzene rings is 1. The van der Waals surface area contributed by atoms with Crippen LogP contribution in [-0.4, -0.2) is 5.78 Å². The zero-order valence-corrected chi connectivity index (χ0v) is 9.63. The van der Waals surface area contributed by atoms with Gasteiger partial charge in [-0.15, -0.1) is 0 Å². The highest BCUT2D eigenvalue weighted by Gasteiger charge is 2.37. The summed E-state index contributed by atoms with van der Waals surface area (Å²) in [4.78, 5) is 11.2. The van der Waals surface area contributed by atoms with Crippen molar-refractivity contribution in [2.24, 2.45) is 0 Å². The molecule has 1 aromatic rings. The van der Waals surface area contributed by atoms with Crippen LogP contribution in [0.25, 0.3) is 0 Å². The number of ketones is 1. The minimum atomic E-state index is -0.563. The summed E-state index contributed by atoms with van der Waals surface area (Å²) in [6.45, 7) is 0. The van der Waals surface area contributed by atoms with E-state index in [0.29, 0.717) is 30.7 Å². The van der Waals surface area contributed by atoms with E-state index in [1.165, 1.54) is 0 Å². The first kappa shape index (κ1) is 11.2. The number of nitrogens with zero attached hydrogens (tertiary/aromatic N) is 1. The fourth-order valence-electron chi connectivity index (χ4n) is 2.25. The Morgan fingerprint density at radius 1 is 1.25 bits per heavy atom. The van der Waals surface area contributed by atoms with Crippen molar-refractivity contribution in [3.8, 4) is 6.07 Å². The maximum Gasteiger partial charge on any atom is 0.133 e. The monoisotopic (exact) mass is 233 g/mol. The van der Waals surface area contributed by atoms with Gasteiger partial charge >= 0.3 is 0 Å². The van der Waals surface area contributed by atoms with Crippen LogP contribution in [0, 0.1) is 11.3 Å². The van der Waals surface area contributed by atoms with E-state index in [1.807, 2.05) is 18.2 Å². The van der Waals surface area contributed by atoms with Crippen LogP contribution in [0.5, 0.6) is 0 Å². The fraction of sp³-hybridized carbons (Fsp3) is 0.385. The second-order valence-corrected chi connectivity index (χ2v) is 4.62. The van der Waals surface area contributed by atoms with Crippen LogP contribution in [0.15, 0.2) is 24.3 Å². The standard InChI is InChI=1S/C13H12ClNO/c14-12-4-2-1-3-11(12)13(9-15)7-5-10(16)6-8-13/h1-4H,5-8H2. The molecule has 16 heavy (non-hydrogen) atoms. The molecule has 0 aliphatic heterocycles. The molecule has 0 radical (unpaired) electrons. The van der Waals surface area contributed by atoms with Gasteiger partial charge in [0.1, 0.15) is 5.78 Å². The number of carbonyl (C=O) groups excluding carboxylic acids is 1. The quantitative estimate of drug-likeness (QED) is 0.747. The van der Waals surface area contributed by atoms with Crippen LogP contribution in [-0.2, 0) is 10.2 Å². The van der Waals surface area contributed by atoms with Crippen molar-refractivity contribution in [1.29, 1.82) is 5.26 Å². The van der Waals surface area contributed by atoms with Gasteiger partial charge < -0.3 is 0 Å². The van der Waals surface area contributed by atoms with Crippen molar-refractivity contribution in [1.82, 2.24) is 0 Å². The number of halogens is 1. The molecule has 82 valence electrons. The Labute approximate surface area is 99.8 Å². The Hall–Kier alpha value is -1.33. The molecule has 0 amide bonds. The Balaban J connectivity index is 2.40. The van der Waals surface area contributed by atoms with Gasteiger partial charge in [0.15, 0.2) is 0 Å². The summed E-state index contributed by atoms with van der Waals surface area (Å²) in [6, 6.07) is 9.78. The Bertz CT molecular complexity index is 451. The highest BCUT2D eigenvalue weighted by Crippen LogP contribution is 2.40. The second-order valence-electron chi connectivity index (χ2n) is 4.21. The van der Waals surface area contributed by atoms with E-state index in [1.54, 1.807) is 6.07 Å². The van der Waals surface area contributed by atoms with Gasteiger partial charge in [-0.2, -0.15) is 5.26 Å². The van der Waals surface area contributed by atoms with E-state index in [9.17, 15) is 10.1 Å². The van der Waals surface area contributed by atoms with Gasteiger partial charge in [-0.25, -0.2) is 0 Å². The van der Waals surface area contributed by atoms with E-state index in [-0.39, 0.29) is 5.78 Å². The van der Waals surface area contributed by atoms with Crippen LogP contribution in [0.4, 0.5) is 0 Å². The molecular formula is C13H12ClNO. The molecule has 1 aliphatic carbocycles. The fourth-order valence-corrected chi connectivity index (χ4v) is 2.56. The first-order valence-electron chi connectivity index (χ1n) is 5.36. The van der Waals surface area contributed by atoms with Crippen LogP contribution >= 0.6 is 11.6 Å². The van der Waals surface area contributed by atoms with E-state index in [0.717, 1.165) is 5.56 Å². The van der Waals surface area contributed by atoms with Crippen molar-refractivity contribution in [2.75, 3.05) is 0 Å². The molecule has 1 aliphatic rings. The molecule has 1 saturated carbocycles. The smallest absolute Gasteiger partial charge is 0.133 e. The number of carbonyl (C=O) groups is 1. The maximum atomic E-state index is 11.2. The lowest BCUT2D eigenvalue weighted by molar-refractivity contribution is -0.120. The van der Waals surface area contributed by atoms with Crippen molar-refractivity contribution < 1.29 is 4.79 Å². The summed E-state index contributed by atoms with van der Waals surface area (Å²) < 4.78 is 0. The number of Topliss-reactive ketones (excluding diaryl/α,β-unsaturated/α-hetero) is 1. The summed E-state index contributed by atoms with van der Waals surface area (Å²) in [6.07, 6.45) is 2.15. The number of hydrogen-bond acceptors (Lipinski definition) is 2. The molecule has 0 aromatic heterocycles. The molecule has 0 heterocycles. The summed E-state index contributed by atoms with van der Waals surface area (Å²) in [5.41, 5.74) is 0.304. The third-order valence-corrected chi connectivity index (χ3v) is 3.59. The number of hydrogen-bond donors (Lipinski definition) is 0. The van der Waals surface area contributed by atoms with Gasteiger partial charge in [0.05, 0.1) is 11.5 Å². The van der Waals surface area contributed by atoms with E-state index < -0.39 is 5.41 Å². The number of nitriles is 1. The third-order valence-electron chi connectivity index (χ3n) is 3.26. The minimum absolute atomic E-state index is 0.248. The Kier molecular flexibility index (Phi) is 2.98. The van der Waals surface area contributed by atoms with Gasteiger partial charge in [-0.05, 0) is 24.5 Å². The predicted octanol–water partition coefficient (Wildman–Crippen LogP) is 3.24. The van der Waals surface area contributed by atoms with Gasteiger partial charge in [0.2, 0.25) is 0 Å². The molecular weight excluding hydrogens is 222 g/mol. The van der Waals surface area contributed by atoms with Crippen LogP contribution in [0.2, 0.25) is 5.02 Å². The van der Waals surface area contributed by atoms with Gasteiger partial charge in [-0.3, -0.25) is 4.79 Å². The minimum Gasteiger partial charge on any atom is -0.300 e. The van der Waals surface area contributed by atoms with Crippen LogP contribution in [0.3, 0.4) is 0 Å². The first-order chi connectivity index (χ1) is 7.68. The molecule has 0 saturated heterocycles. The summed E-state index contributed by atoms with van der Waals surface area (Å²) >= 11 is 6.13. The molecule has 1 aromatic carbocycles. The summed E-state index contributed by atoms with van der Waals surface area (Å²) in [7, 11) is 0. The Morgan fingerprint density at radius 3 is 2.44 bits per heavy atom. The topological polar surface area (TPSA) is 40.9 Å². The van der Waals surface area contributed by atoms with Gasteiger partial charge in [0, 0.05) is 17.9 Å². The molecule has 0 atom stereocenters. The lowest BCUT2D eigenvalue weighted by atomic mass is 9.70. The van der Waals surface area contributed by atoms with E-state index in [2.05, 4.69) is 6.07 Å². The Morgan fingerprint density at radius 2 is 1.88 bits per heavy atom. The van der Waals surface area contributed by atoms with Crippen molar-refractivity contribution in [3.63, 3.8) is 0 Å². The van der Waals surface area contributed by atoms with Crippen molar-refractivity contribution in [2.45, 2.75) is 31.1 Å². The van der Waals surface area contributed by atoms with Crippen LogP contribution in [0.1, 0.15) is 31.2 Å². The lowest BCUT2D eigenvalue weighted by Gasteiger charge is -2.31. The molecule has 3 heteroatoms. The SMILES string of the molecule is N#CC1(c2ccccc2Cl)CCC(=O)CC1. The average Bonchev–Trinajstić information content (AvgIpc) is 2.32. The summed E-state index contributed by atoms with van der Waals surface area (Å²) in [5, 5.41) is 10.0. The third kappa shape index (κ3) is 1.83. The second kappa shape index (κ2) is 4.27. The zero-order chi connectivity index (χ0) is 11.6. The normalized spacial score (nSPS) is 19.1. The first-order valence-corrected chi connectivity index (χ1v) is 5.74. The molecule has 0 spiro atoms. The molecule has 1 fully saturated rings. The maximum absolute atomic E-state index is 11.2. The van der Waals surface area contributed by atoms with Gasteiger partial charge in [-0.1, -0.05) is 29.8 Å². The highest BCUT2D eigenvalue weighted by atomic mass is 35.5. The summed E-state index contributed by atoms with van der Waals surface area (Å²) in [5.74, 6) is 0.248. The molecule has 2 rings (SSSR count).